The van der Waals surface area contributed by atoms with E-state index in [-0.39, 0.29) is 74.7 Å². The molecule has 8 N–H and O–H groups in total. The summed E-state index contributed by atoms with van der Waals surface area (Å²) in [5, 5.41) is 37.8. The van der Waals surface area contributed by atoms with Crippen molar-refractivity contribution in [1.82, 2.24) is 15.0 Å². The molecule has 6 aromatic carbocycles. The Labute approximate surface area is 472 Å². The van der Waals surface area contributed by atoms with Crippen LogP contribution in [0.2, 0.25) is 0 Å². The fraction of sp³-hybridized carbons (Fsp3) is 0.133. The van der Waals surface area contributed by atoms with Crippen molar-refractivity contribution in [3.05, 3.63) is 132 Å². The molecular weight excluding hydrogens is 1220 g/mol. The lowest BCUT2D eigenvalue weighted by Crippen LogP contribution is -2.35. The summed E-state index contributed by atoms with van der Waals surface area (Å²) in [6.45, 7) is 2.03. The van der Waals surface area contributed by atoms with E-state index in [4.69, 9.17) is 0 Å². The summed E-state index contributed by atoms with van der Waals surface area (Å²) in [7, 11) is -28.1. The van der Waals surface area contributed by atoms with Gasteiger partial charge in [-0.15, -0.1) is 10.2 Å². The monoisotopic (exact) mass is 1260 g/mol. The SMILES string of the molecule is Cc1cc(Nc2nc(Nc3ccc(N=Nc4ccc(N=Nc5ccc(S(=O)(=O)O)cc5)cc4S(=O)(=O)O)c(C)c3)nc(N(CCS(=O)(=O)O)CCS(=O)(=O)O)n2)ccc1N=Nc1ccc(N=Nc2ccc(S(=O)(=O)O)cc2)cc1S(=O)(=O)O. The molecule has 38 heteroatoms. The average molecular weight is 1260 g/mol. The van der Waals surface area contributed by atoms with E-state index in [9.17, 15) is 77.8 Å². The fourth-order valence-electron chi connectivity index (χ4n) is 6.85. The second-order valence-corrected chi connectivity index (χ2v) is 25.9. The largest absolute Gasteiger partial charge is 0.338 e. The van der Waals surface area contributed by atoms with Gasteiger partial charge in [0.1, 0.15) is 21.2 Å². The summed E-state index contributed by atoms with van der Waals surface area (Å²) in [4.78, 5) is 11.9. The Morgan fingerprint density at radius 2 is 0.711 bits per heavy atom. The third kappa shape index (κ3) is 18.3. The Bertz CT molecular complexity index is 4200. The van der Waals surface area contributed by atoms with E-state index in [1.807, 2.05) is 0 Å². The van der Waals surface area contributed by atoms with Gasteiger partial charge in [0, 0.05) is 24.5 Å². The van der Waals surface area contributed by atoms with Crippen LogP contribution in [-0.4, -0.2) is 117 Å². The predicted octanol–water partition coefficient (Wildman–Crippen LogP) is 9.21. The minimum Gasteiger partial charge on any atom is -0.338 e. The van der Waals surface area contributed by atoms with Crippen molar-refractivity contribution in [3.8, 4) is 0 Å². The third-order valence-electron chi connectivity index (χ3n) is 10.9. The number of anilines is 5. The Balaban J connectivity index is 1.14. The van der Waals surface area contributed by atoms with Crippen molar-refractivity contribution >= 4 is 135 Å². The molecule has 0 aliphatic rings. The van der Waals surface area contributed by atoms with Crippen molar-refractivity contribution in [3.63, 3.8) is 0 Å². The maximum atomic E-state index is 12.4. The molecule has 0 saturated heterocycles. The van der Waals surface area contributed by atoms with Crippen LogP contribution in [-0.2, 0) is 60.7 Å². The van der Waals surface area contributed by atoms with Crippen molar-refractivity contribution in [2.75, 3.05) is 40.1 Å². The zero-order chi connectivity index (χ0) is 60.7. The molecule has 32 nitrogen and oxygen atoms in total. The number of rotatable bonds is 23. The number of aryl methyl sites for hydroxylation is 2. The zero-order valence-electron chi connectivity index (χ0n) is 42.3. The zero-order valence-corrected chi connectivity index (χ0v) is 47.2. The van der Waals surface area contributed by atoms with Crippen LogP contribution in [0, 0.1) is 13.8 Å². The third-order valence-corrected chi connectivity index (χ3v) is 15.8. The van der Waals surface area contributed by atoms with Crippen molar-refractivity contribution < 1.29 is 77.8 Å². The lowest BCUT2D eigenvalue weighted by atomic mass is 10.2. The molecule has 0 aliphatic carbocycles. The maximum Gasteiger partial charge on any atom is 0.296 e. The highest BCUT2D eigenvalue weighted by atomic mass is 32.2. The van der Waals surface area contributed by atoms with E-state index in [0.717, 1.165) is 41.3 Å². The molecule has 0 spiro atoms. The molecule has 0 saturated carbocycles. The van der Waals surface area contributed by atoms with Crippen LogP contribution in [0.15, 0.2) is 182 Å². The highest BCUT2D eigenvalue weighted by Crippen LogP contribution is 2.35. The second-order valence-electron chi connectivity index (χ2n) is 17.1. The Hall–Kier alpha value is -8.41. The molecule has 1 aromatic heterocycles. The number of benzene rings is 6. The van der Waals surface area contributed by atoms with Crippen LogP contribution >= 0.6 is 0 Å². The van der Waals surface area contributed by atoms with E-state index in [0.29, 0.717) is 11.1 Å². The van der Waals surface area contributed by atoms with Crippen molar-refractivity contribution in [1.29, 1.82) is 0 Å². The quantitative estimate of drug-likeness (QED) is 0.0218. The van der Waals surface area contributed by atoms with E-state index in [2.05, 4.69) is 66.5 Å². The molecule has 436 valence electrons. The number of azo groups is 4. The van der Waals surface area contributed by atoms with Gasteiger partial charge in [-0.25, -0.2) is 0 Å². The number of aromatic nitrogens is 3. The van der Waals surface area contributed by atoms with Gasteiger partial charge in [-0.1, -0.05) is 0 Å². The van der Waals surface area contributed by atoms with E-state index in [1.54, 1.807) is 13.8 Å². The van der Waals surface area contributed by atoms with Crippen LogP contribution in [0.1, 0.15) is 11.1 Å². The van der Waals surface area contributed by atoms with E-state index >= 15 is 0 Å². The predicted molar refractivity (Wildman–Crippen MR) is 296 cm³/mol. The van der Waals surface area contributed by atoms with Crippen LogP contribution in [0.5, 0.6) is 0 Å². The molecule has 0 atom stereocenters. The molecule has 0 bridgehead atoms. The molecular formula is C45H42N14O18S6. The Morgan fingerprint density at radius 3 is 1.04 bits per heavy atom. The van der Waals surface area contributed by atoms with Gasteiger partial charge in [0.2, 0.25) is 17.8 Å². The molecule has 7 rings (SSSR count). The highest BCUT2D eigenvalue weighted by molar-refractivity contribution is 7.87. The molecule has 1 heterocycles. The first kappa shape index (κ1) is 62.2. The normalized spacial score (nSPS) is 12.9. The molecule has 83 heavy (non-hydrogen) atoms. The van der Waals surface area contributed by atoms with Gasteiger partial charge in [0.05, 0.1) is 55.4 Å². The minimum atomic E-state index is -4.93. The smallest absolute Gasteiger partial charge is 0.296 e. The van der Waals surface area contributed by atoms with E-state index in [1.165, 1.54) is 84.9 Å². The summed E-state index contributed by atoms with van der Waals surface area (Å²) in [6.07, 6.45) is 0. The van der Waals surface area contributed by atoms with Crippen LogP contribution < -0.4 is 15.5 Å². The molecule has 0 amide bonds. The standard InChI is InChI=1S/C45H42N14O18S6/c1-27-23-31(7-15-37(27)55-57-39-17-9-33(25-41(39)82(72,73)74)53-51-29-3-11-35(12-4-29)80(66,67)68)46-43-48-44(50-45(49-43)59(19-21-78(60,61)62)20-22-79(63,64)65)47-32-8-16-38(28(2)24-32)56-58-40-18-10-34(26-42(40)83(75,76)77)54-52-30-5-13-36(14-6-30)81(69,70)71/h3-18,23-26H,19-22H2,1-2H3,(H,60,61,62)(H,63,64,65)(H,66,67,68)(H,69,70,71)(H,72,73,74)(H,75,76,77)(H2,46,47,48,49,50). The average Bonchev–Trinajstić information content (AvgIpc) is 3.54. The van der Waals surface area contributed by atoms with Gasteiger partial charge < -0.3 is 15.5 Å². The summed E-state index contributed by atoms with van der Waals surface area (Å²) in [5.41, 5.74) is 1.30. The first-order valence-corrected chi connectivity index (χ1v) is 31.8. The first-order chi connectivity index (χ1) is 38.6. The topological polar surface area (TPSA) is 491 Å². The molecule has 7 aromatic rings. The van der Waals surface area contributed by atoms with Gasteiger partial charge in [-0.05, 0) is 146 Å². The first-order valence-electron chi connectivity index (χ1n) is 22.9. The fourth-order valence-corrected chi connectivity index (χ4v) is 10.0. The van der Waals surface area contributed by atoms with Crippen LogP contribution in [0.3, 0.4) is 0 Å². The molecule has 0 fully saturated rings. The molecule has 0 aliphatic heterocycles. The summed E-state index contributed by atoms with van der Waals surface area (Å²) < 4.78 is 200. The number of hydrogen-bond acceptors (Lipinski definition) is 26. The summed E-state index contributed by atoms with van der Waals surface area (Å²) in [6, 6.07) is 25.0. The van der Waals surface area contributed by atoms with Gasteiger partial charge in [-0.2, -0.15) is 96.1 Å². The van der Waals surface area contributed by atoms with Crippen molar-refractivity contribution in [2.24, 2.45) is 40.9 Å². The maximum absolute atomic E-state index is 12.4. The number of nitrogens with zero attached hydrogens (tertiary/aromatic N) is 12. The summed E-state index contributed by atoms with van der Waals surface area (Å²) in [5.74, 6) is -2.69. The lowest BCUT2D eigenvalue weighted by molar-refractivity contribution is 0.478. The highest BCUT2D eigenvalue weighted by Gasteiger charge is 2.22. The molecule has 0 unspecified atom stereocenters. The van der Waals surface area contributed by atoms with E-state index < -0.39 is 105 Å². The lowest BCUT2D eigenvalue weighted by Gasteiger charge is -2.22. The second kappa shape index (κ2) is 25.0. The van der Waals surface area contributed by atoms with Crippen molar-refractivity contribution in [2.45, 2.75) is 33.4 Å². The van der Waals surface area contributed by atoms with Gasteiger partial charge in [0.15, 0.2) is 0 Å². The number of hydrogen-bond donors (Lipinski definition) is 8. The Morgan fingerprint density at radius 1 is 0.386 bits per heavy atom. The Kier molecular flexibility index (Phi) is 18.7. The summed E-state index contributed by atoms with van der Waals surface area (Å²) >= 11 is 0. The molecule has 0 radical (unpaired) electrons. The van der Waals surface area contributed by atoms with Gasteiger partial charge in [0.25, 0.3) is 60.7 Å². The number of nitrogens with one attached hydrogen (secondary N) is 2. The van der Waals surface area contributed by atoms with Crippen LogP contribution in [0.4, 0.5) is 74.7 Å². The minimum absolute atomic E-state index is 0.0615. The van der Waals surface area contributed by atoms with Crippen LogP contribution in [0.25, 0.3) is 0 Å². The van der Waals surface area contributed by atoms with Gasteiger partial charge in [-0.3, -0.25) is 27.3 Å². The van der Waals surface area contributed by atoms with Gasteiger partial charge >= 0.3 is 0 Å².